The minimum Gasteiger partial charge on any atom is -0.387 e. The summed E-state index contributed by atoms with van der Waals surface area (Å²) in [5.74, 6) is 0.642. The fourth-order valence-electron chi connectivity index (χ4n) is 2.17. The van der Waals surface area contributed by atoms with Gasteiger partial charge in [-0.25, -0.2) is 19.6 Å². The minimum atomic E-state index is -4.48. The van der Waals surface area contributed by atoms with Crippen LogP contribution in [-0.2, 0) is 13.2 Å². The maximum atomic E-state index is 12.9. The summed E-state index contributed by atoms with van der Waals surface area (Å²) < 4.78 is 40.2. The van der Waals surface area contributed by atoms with E-state index in [2.05, 4.69) is 30.7 Å². The average molecular weight is 323 g/mol. The Labute approximate surface area is 128 Å². The van der Waals surface area contributed by atoms with Crippen LogP contribution in [0.5, 0.6) is 0 Å². The Bertz CT molecular complexity index is 856. The lowest BCUT2D eigenvalue weighted by Crippen LogP contribution is -2.10. The second-order valence-corrected chi connectivity index (χ2v) is 4.72. The van der Waals surface area contributed by atoms with Crippen LogP contribution >= 0.6 is 0 Å². The number of fused-ring (bicyclic) bond motifs is 1. The molecule has 0 saturated heterocycles. The smallest absolute Gasteiger partial charge is 0.387 e. The molecule has 3 aromatic heterocycles. The van der Waals surface area contributed by atoms with Gasteiger partial charge in [0.15, 0.2) is 11.5 Å². The molecule has 23 heavy (non-hydrogen) atoms. The Hall–Kier alpha value is -2.91. The van der Waals surface area contributed by atoms with E-state index < -0.39 is 11.7 Å². The first-order valence-electron chi connectivity index (χ1n) is 6.55. The van der Waals surface area contributed by atoms with E-state index in [1.165, 1.54) is 19.4 Å². The average Bonchev–Trinajstić information content (AvgIpc) is 2.83. The number of nitrogens with zero attached hydrogens (tertiary/aromatic N) is 5. The lowest BCUT2D eigenvalue weighted by Gasteiger charge is -2.13. The molecule has 0 spiro atoms. The number of alkyl halides is 3. The molecule has 0 amide bonds. The van der Waals surface area contributed by atoms with E-state index in [1.807, 2.05) is 0 Å². The number of aryl methyl sites for hydroxylation is 1. The minimum absolute atomic E-state index is 0.0773. The number of hydrogen-bond acceptors (Lipinski definition) is 6. The van der Waals surface area contributed by atoms with Gasteiger partial charge in [0.2, 0.25) is 0 Å². The Kier molecular flexibility index (Phi) is 3.51. The zero-order chi connectivity index (χ0) is 16.6. The van der Waals surface area contributed by atoms with Crippen LogP contribution in [0, 0.1) is 0 Å². The molecule has 2 N–H and O–H groups in total. The molecule has 10 heteroatoms. The third kappa shape index (κ3) is 2.74. The predicted octanol–water partition coefficient (Wildman–Crippen LogP) is 2.56. The lowest BCUT2D eigenvalue weighted by atomic mass is 10.2. The molecule has 120 valence electrons. The van der Waals surface area contributed by atoms with Crippen molar-refractivity contribution in [2.75, 3.05) is 17.7 Å². The number of halogens is 3. The van der Waals surface area contributed by atoms with Crippen LogP contribution in [0.3, 0.4) is 0 Å². The number of aromatic nitrogens is 5. The van der Waals surface area contributed by atoms with Crippen molar-refractivity contribution in [1.29, 1.82) is 0 Å². The summed E-state index contributed by atoms with van der Waals surface area (Å²) in [4.78, 5) is 11.8. The highest BCUT2D eigenvalue weighted by molar-refractivity contribution is 5.88. The van der Waals surface area contributed by atoms with E-state index in [0.29, 0.717) is 16.9 Å². The maximum Gasteiger partial charge on any atom is 0.419 e. The molecule has 3 rings (SSSR count). The molecular formula is C13H12F3N7. The zero-order valence-corrected chi connectivity index (χ0v) is 12.2. The molecule has 0 atom stereocenters. The van der Waals surface area contributed by atoms with Crippen molar-refractivity contribution in [2.24, 2.45) is 7.05 Å². The highest BCUT2D eigenvalue weighted by Gasteiger charge is 2.34. The molecule has 0 aromatic carbocycles. The lowest BCUT2D eigenvalue weighted by molar-refractivity contribution is -0.137. The second kappa shape index (κ2) is 5.38. The van der Waals surface area contributed by atoms with Gasteiger partial charge in [-0.2, -0.15) is 18.3 Å². The topological polar surface area (TPSA) is 80.5 Å². The van der Waals surface area contributed by atoms with Gasteiger partial charge in [0.1, 0.15) is 12.1 Å². The molecule has 0 aliphatic heterocycles. The maximum absolute atomic E-state index is 12.9. The SMILES string of the molecule is CNc1cc(Nc2nn(C)c3ncncc23)ncc1C(F)(F)F. The van der Waals surface area contributed by atoms with E-state index in [1.54, 1.807) is 17.9 Å². The van der Waals surface area contributed by atoms with Crippen LogP contribution in [0.25, 0.3) is 11.0 Å². The molecule has 3 aromatic rings. The summed E-state index contributed by atoms with van der Waals surface area (Å²) in [5.41, 5.74) is -0.311. The van der Waals surface area contributed by atoms with Crippen LogP contribution < -0.4 is 10.6 Å². The third-order valence-corrected chi connectivity index (χ3v) is 3.23. The van der Waals surface area contributed by atoms with Gasteiger partial charge in [-0.05, 0) is 0 Å². The fraction of sp³-hybridized carbons (Fsp3) is 0.231. The Morgan fingerprint density at radius 2 is 1.96 bits per heavy atom. The molecule has 0 aliphatic carbocycles. The third-order valence-electron chi connectivity index (χ3n) is 3.23. The summed E-state index contributed by atoms with van der Waals surface area (Å²) in [6.45, 7) is 0. The highest BCUT2D eigenvalue weighted by Crippen LogP contribution is 2.35. The summed E-state index contributed by atoms with van der Waals surface area (Å²) in [6, 6.07) is 1.27. The first kappa shape index (κ1) is 15.0. The van der Waals surface area contributed by atoms with E-state index >= 15 is 0 Å². The summed E-state index contributed by atoms with van der Waals surface area (Å²) in [7, 11) is 3.12. The van der Waals surface area contributed by atoms with Crippen LogP contribution in [0.1, 0.15) is 5.56 Å². The van der Waals surface area contributed by atoms with Gasteiger partial charge in [-0.15, -0.1) is 0 Å². The van der Waals surface area contributed by atoms with Crippen LogP contribution in [0.15, 0.2) is 24.8 Å². The molecule has 0 aliphatic rings. The van der Waals surface area contributed by atoms with Crippen LogP contribution in [-0.4, -0.2) is 31.8 Å². The van der Waals surface area contributed by atoms with Crippen molar-refractivity contribution in [2.45, 2.75) is 6.18 Å². The fourth-order valence-corrected chi connectivity index (χ4v) is 2.17. The van der Waals surface area contributed by atoms with Crippen LogP contribution in [0.2, 0.25) is 0 Å². The van der Waals surface area contributed by atoms with Crippen molar-refractivity contribution in [3.8, 4) is 0 Å². The molecule has 0 saturated carbocycles. The largest absolute Gasteiger partial charge is 0.419 e. The first-order valence-corrected chi connectivity index (χ1v) is 6.55. The Morgan fingerprint density at radius 1 is 1.17 bits per heavy atom. The van der Waals surface area contributed by atoms with Crippen molar-refractivity contribution in [3.63, 3.8) is 0 Å². The van der Waals surface area contributed by atoms with E-state index in [-0.39, 0.29) is 11.5 Å². The number of rotatable bonds is 3. The Morgan fingerprint density at radius 3 is 2.65 bits per heavy atom. The summed E-state index contributed by atoms with van der Waals surface area (Å²) in [6.07, 6.45) is -0.741. The molecule has 7 nitrogen and oxygen atoms in total. The normalized spacial score (nSPS) is 11.7. The van der Waals surface area contributed by atoms with Crippen molar-refractivity contribution < 1.29 is 13.2 Å². The van der Waals surface area contributed by atoms with E-state index in [4.69, 9.17) is 0 Å². The number of nitrogens with one attached hydrogen (secondary N) is 2. The van der Waals surface area contributed by atoms with Gasteiger partial charge in [-0.3, -0.25) is 0 Å². The standard InChI is InChI=1S/C13H12F3N7/c1-17-9-3-10(19-5-8(9)13(14,15)16)21-11-7-4-18-6-20-12(7)23(2)22-11/h3-6H,1-2H3,(H2,17,19,21,22). The van der Waals surface area contributed by atoms with Crippen molar-refractivity contribution in [1.82, 2.24) is 24.7 Å². The van der Waals surface area contributed by atoms with Gasteiger partial charge in [0.25, 0.3) is 0 Å². The summed E-state index contributed by atoms with van der Waals surface area (Å²) >= 11 is 0. The van der Waals surface area contributed by atoms with Crippen molar-refractivity contribution in [3.05, 3.63) is 30.4 Å². The van der Waals surface area contributed by atoms with Crippen LogP contribution in [0.4, 0.5) is 30.5 Å². The molecule has 3 heterocycles. The quantitative estimate of drug-likeness (QED) is 0.771. The second-order valence-electron chi connectivity index (χ2n) is 4.72. The first-order chi connectivity index (χ1) is 10.9. The molecule has 0 bridgehead atoms. The van der Waals surface area contributed by atoms with Gasteiger partial charge >= 0.3 is 6.18 Å². The number of hydrogen-bond donors (Lipinski definition) is 2. The van der Waals surface area contributed by atoms with Gasteiger partial charge < -0.3 is 10.6 Å². The Balaban J connectivity index is 2.00. The molecule has 0 unspecified atom stereocenters. The van der Waals surface area contributed by atoms with Crippen molar-refractivity contribution >= 4 is 28.4 Å². The van der Waals surface area contributed by atoms with Gasteiger partial charge in [-0.1, -0.05) is 0 Å². The monoisotopic (exact) mass is 323 g/mol. The molecular weight excluding hydrogens is 311 g/mol. The zero-order valence-electron chi connectivity index (χ0n) is 12.2. The molecule has 0 fully saturated rings. The highest BCUT2D eigenvalue weighted by atomic mass is 19.4. The number of pyridine rings is 1. The summed E-state index contributed by atoms with van der Waals surface area (Å²) in [5, 5.41) is 10.3. The molecule has 0 radical (unpaired) electrons. The van der Waals surface area contributed by atoms with Gasteiger partial charge in [0, 0.05) is 32.6 Å². The van der Waals surface area contributed by atoms with E-state index in [9.17, 15) is 13.2 Å². The van der Waals surface area contributed by atoms with Gasteiger partial charge in [0.05, 0.1) is 16.6 Å². The van der Waals surface area contributed by atoms with E-state index in [0.717, 1.165) is 6.20 Å². The predicted molar refractivity (Wildman–Crippen MR) is 78.4 cm³/mol. The number of anilines is 3.